The van der Waals surface area contributed by atoms with Gasteiger partial charge in [0.1, 0.15) is 18.5 Å². The van der Waals surface area contributed by atoms with E-state index in [1.807, 2.05) is 6.92 Å². The zero-order chi connectivity index (χ0) is 10.6. The fourth-order valence-corrected chi connectivity index (χ4v) is 1.34. The molecule has 5 nitrogen and oxygen atoms in total. The molecule has 1 heterocycles. The number of carboxylic acids is 1. The molecule has 1 unspecified atom stereocenters. The summed E-state index contributed by atoms with van der Waals surface area (Å²) in [5, 5.41) is 8.97. The van der Waals surface area contributed by atoms with E-state index in [0.29, 0.717) is 18.9 Å². The van der Waals surface area contributed by atoms with Crippen LogP contribution >= 0.6 is 0 Å². The summed E-state index contributed by atoms with van der Waals surface area (Å²) >= 11 is 0. The Bertz CT molecular complexity index is 273. The van der Waals surface area contributed by atoms with Gasteiger partial charge in [-0.25, -0.2) is 9.79 Å². The highest BCUT2D eigenvalue weighted by atomic mass is 16.4. The van der Waals surface area contributed by atoms with Gasteiger partial charge in [0.25, 0.3) is 0 Å². The number of hydrogen-bond acceptors (Lipinski definition) is 4. The molecule has 0 aromatic heterocycles. The fraction of sp³-hybridized carbons (Fsp3) is 0.556. The second-order valence-corrected chi connectivity index (χ2v) is 3.20. The number of aliphatic imine (C=N–C) groups is 1. The average molecular weight is 197 g/mol. The van der Waals surface area contributed by atoms with E-state index in [-0.39, 0.29) is 0 Å². The van der Waals surface area contributed by atoms with E-state index in [0.717, 1.165) is 6.42 Å². The van der Waals surface area contributed by atoms with Crippen LogP contribution in [0.5, 0.6) is 0 Å². The van der Waals surface area contributed by atoms with Crippen molar-refractivity contribution in [1.82, 2.24) is 4.90 Å². The molecule has 1 atom stereocenters. The van der Waals surface area contributed by atoms with E-state index < -0.39 is 12.0 Å². The first-order valence-electron chi connectivity index (χ1n) is 4.61. The minimum Gasteiger partial charge on any atom is -0.480 e. The predicted molar refractivity (Wildman–Crippen MR) is 53.8 cm³/mol. The topological polar surface area (TPSA) is 78.9 Å². The number of rotatable bonds is 4. The molecule has 0 aromatic rings. The summed E-state index contributed by atoms with van der Waals surface area (Å²) < 4.78 is 0. The molecule has 78 valence electrons. The summed E-state index contributed by atoms with van der Waals surface area (Å²) in [6.07, 6.45) is 4.77. The number of aliphatic carboxylic acids is 1. The first-order valence-corrected chi connectivity index (χ1v) is 4.61. The van der Waals surface area contributed by atoms with Crippen molar-refractivity contribution in [3.05, 3.63) is 12.3 Å². The first-order chi connectivity index (χ1) is 6.65. The average Bonchev–Trinajstić information content (AvgIpc) is 2.15. The number of carbonyl (C=O) groups is 1. The van der Waals surface area contributed by atoms with Gasteiger partial charge in [-0.2, -0.15) is 0 Å². The first kappa shape index (κ1) is 10.6. The Morgan fingerprint density at radius 3 is 3.00 bits per heavy atom. The molecule has 1 aliphatic heterocycles. The molecule has 0 aliphatic carbocycles. The third-order valence-electron chi connectivity index (χ3n) is 2.10. The highest BCUT2D eigenvalue weighted by molar-refractivity contribution is 5.91. The zero-order valence-electron chi connectivity index (χ0n) is 8.18. The van der Waals surface area contributed by atoms with Crippen molar-refractivity contribution >= 4 is 11.8 Å². The van der Waals surface area contributed by atoms with Crippen LogP contribution in [-0.2, 0) is 4.79 Å². The van der Waals surface area contributed by atoms with E-state index in [2.05, 4.69) is 4.99 Å². The smallest absolute Gasteiger partial charge is 0.326 e. The van der Waals surface area contributed by atoms with Gasteiger partial charge in [-0.3, -0.25) is 0 Å². The van der Waals surface area contributed by atoms with Crippen molar-refractivity contribution in [2.75, 3.05) is 6.67 Å². The van der Waals surface area contributed by atoms with Crippen molar-refractivity contribution in [3.8, 4) is 0 Å². The largest absolute Gasteiger partial charge is 0.480 e. The lowest BCUT2D eigenvalue weighted by atomic mass is 10.1. The van der Waals surface area contributed by atoms with Gasteiger partial charge in [0.2, 0.25) is 0 Å². The van der Waals surface area contributed by atoms with Gasteiger partial charge < -0.3 is 15.7 Å². The molecule has 0 radical (unpaired) electrons. The molecular weight excluding hydrogens is 182 g/mol. The van der Waals surface area contributed by atoms with E-state index in [1.165, 1.54) is 0 Å². The molecule has 5 heteroatoms. The van der Waals surface area contributed by atoms with E-state index in [9.17, 15) is 4.79 Å². The lowest BCUT2D eigenvalue weighted by Gasteiger charge is -2.27. The number of carboxylic acid groups (broad SMARTS) is 1. The monoisotopic (exact) mass is 197 g/mol. The summed E-state index contributed by atoms with van der Waals surface area (Å²) in [4.78, 5) is 16.6. The molecule has 0 bridgehead atoms. The van der Waals surface area contributed by atoms with Crippen LogP contribution in [0.2, 0.25) is 0 Å². The van der Waals surface area contributed by atoms with Gasteiger partial charge in [0, 0.05) is 6.20 Å². The van der Waals surface area contributed by atoms with Crippen LogP contribution < -0.4 is 5.73 Å². The van der Waals surface area contributed by atoms with Crippen LogP contribution in [0.15, 0.2) is 17.3 Å². The molecule has 1 rings (SSSR count). The third-order valence-corrected chi connectivity index (χ3v) is 2.10. The summed E-state index contributed by atoms with van der Waals surface area (Å²) in [7, 11) is 0. The summed E-state index contributed by atoms with van der Waals surface area (Å²) in [5.74, 6) is -0.367. The molecule has 0 spiro atoms. The van der Waals surface area contributed by atoms with Gasteiger partial charge in [-0.1, -0.05) is 13.3 Å². The molecule has 0 saturated carbocycles. The van der Waals surface area contributed by atoms with Crippen LogP contribution in [0.4, 0.5) is 0 Å². The summed E-state index contributed by atoms with van der Waals surface area (Å²) in [6.45, 7) is 2.29. The number of hydrogen-bond donors (Lipinski definition) is 2. The maximum atomic E-state index is 10.9. The maximum absolute atomic E-state index is 10.9. The Labute approximate surface area is 82.9 Å². The highest BCUT2D eigenvalue weighted by Gasteiger charge is 2.22. The van der Waals surface area contributed by atoms with Crippen LogP contribution in [0.25, 0.3) is 0 Å². The van der Waals surface area contributed by atoms with Crippen LogP contribution in [-0.4, -0.2) is 34.5 Å². The zero-order valence-corrected chi connectivity index (χ0v) is 8.18. The Kier molecular flexibility index (Phi) is 3.50. The molecule has 0 amide bonds. The lowest BCUT2D eigenvalue weighted by molar-refractivity contribution is -0.142. The molecule has 0 saturated heterocycles. The lowest BCUT2D eigenvalue weighted by Crippen LogP contribution is -2.39. The van der Waals surface area contributed by atoms with Crippen molar-refractivity contribution in [3.63, 3.8) is 0 Å². The molecule has 0 fully saturated rings. The molecule has 14 heavy (non-hydrogen) atoms. The van der Waals surface area contributed by atoms with Gasteiger partial charge in [-0.05, 0) is 12.5 Å². The van der Waals surface area contributed by atoms with Gasteiger partial charge in [0.15, 0.2) is 0 Å². The van der Waals surface area contributed by atoms with E-state index in [1.54, 1.807) is 17.2 Å². The van der Waals surface area contributed by atoms with Crippen LogP contribution in [0.3, 0.4) is 0 Å². The Hall–Kier alpha value is -1.52. The summed E-state index contributed by atoms with van der Waals surface area (Å²) in [5.41, 5.74) is 5.44. The van der Waals surface area contributed by atoms with Crippen molar-refractivity contribution in [2.45, 2.75) is 25.8 Å². The molecule has 3 N–H and O–H groups in total. The number of nitrogens with zero attached hydrogens (tertiary/aromatic N) is 2. The maximum Gasteiger partial charge on any atom is 0.326 e. The van der Waals surface area contributed by atoms with E-state index >= 15 is 0 Å². The second kappa shape index (κ2) is 4.64. The van der Waals surface area contributed by atoms with Crippen molar-refractivity contribution < 1.29 is 9.90 Å². The standard InChI is InChI=1S/C9H15N3O2/c1-2-3-7(9(13)14)12-5-4-8(10)11-6-12/h4-5,7H,2-3,6H2,1H3,(H2,10,11)(H,13,14). The summed E-state index contributed by atoms with van der Waals surface area (Å²) in [6, 6.07) is -0.493. The van der Waals surface area contributed by atoms with Crippen molar-refractivity contribution in [2.24, 2.45) is 10.7 Å². The van der Waals surface area contributed by atoms with Crippen LogP contribution in [0, 0.1) is 0 Å². The quantitative estimate of drug-likeness (QED) is 0.683. The fourth-order valence-electron chi connectivity index (χ4n) is 1.34. The molecule has 1 aliphatic rings. The Morgan fingerprint density at radius 2 is 2.57 bits per heavy atom. The molecule has 0 aromatic carbocycles. The minimum atomic E-state index is -0.813. The molecular formula is C9H15N3O2. The Balaban J connectivity index is 2.62. The second-order valence-electron chi connectivity index (χ2n) is 3.20. The van der Waals surface area contributed by atoms with E-state index in [4.69, 9.17) is 10.8 Å². The highest BCUT2D eigenvalue weighted by Crippen LogP contribution is 2.10. The van der Waals surface area contributed by atoms with Gasteiger partial charge in [-0.15, -0.1) is 0 Å². The van der Waals surface area contributed by atoms with Crippen LogP contribution in [0.1, 0.15) is 19.8 Å². The minimum absolute atomic E-state index is 0.333. The van der Waals surface area contributed by atoms with Gasteiger partial charge in [0.05, 0.1) is 0 Å². The SMILES string of the molecule is CCCC(C(=O)O)N1C=CC(N)=NC1. The number of amidine groups is 1. The predicted octanol–water partition coefficient (Wildman–Crippen LogP) is 0.384. The van der Waals surface area contributed by atoms with Crippen molar-refractivity contribution in [1.29, 1.82) is 0 Å². The van der Waals surface area contributed by atoms with Gasteiger partial charge >= 0.3 is 5.97 Å². The normalized spacial score (nSPS) is 17.8. The third kappa shape index (κ3) is 2.48. The number of nitrogens with two attached hydrogens (primary N) is 1. The Morgan fingerprint density at radius 1 is 1.86 bits per heavy atom.